The summed E-state index contributed by atoms with van der Waals surface area (Å²) in [6, 6.07) is 18.9. The minimum Gasteiger partial charge on any atom is -0.423 e. The van der Waals surface area contributed by atoms with Gasteiger partial charge in [0.1, 0.15) is 5.58 Å². The predicted molar refractivity (Wildman–Crippen MR) is 121 cm³/mol. The van der Waals surface area contributed by atoms with Crippen molar-refractivity contribution in [3.63, 3.8) is 0 Å². The zero-order valence-electron chi connectivity index (χ0n) is 16.8. The van der Waals surface area contributed by atoms with Gasteiger partial charge >= 0.3 is 5.63 Å². The highest BCUT2D eigenvalue weighted by Gasteiger charge is 2.20. The molecule has 7 heteroatoms. The standard InChI is InChI=1S/C23H25N3O3.ClH/c27-22(16-18-6-2-1-3-7-18)26-14-12-25(13-15-26)11-10-24-20-17-23(28)29-21-9-5-4-8-19(20)21;/h1-9,17,24H,10-16H2;1H. The van der Waals surface area contributed by atoms with Gasteiger partial charge in [-0.1, -0.05) is 42.5 Å². The number of benzene rings is 2. The second-order valence-corrected chi connectivity index (χ2v) is 7.29. The Morgan fingerprint density at radius 1 is 0.967 bits per heavy atom. The van der Waals surface area contributed by atoms with Gasteiger partial charge < -0.3 is 14.6 Å². The van der Waals surface area contributed by atoms with Gasteiger partial charge in [0.2, 0.25) is 5.91 Å². The third-order valence-electron chi connectivity index (χ3n) is 5.32. The predicted octanol–water partition coefficient (Wildman–Crippen LogP) is 3.01. The van der Waals surface area contributed by atoms with Gasteiger partial charge in [0.15, 0.2) is 0 Å². The summed E-state index contributed by atoms with van der Waals surface area (Å²) in [5, 5.41) is 4.27. The maximum absolute atomic E-state index is 12.5. The van der Waals surface area contributed by atoms with E-state index in [2.05, 4.69) is 10.2 Å². The van der Waals surface area contributed by atoms with Crippen molar-refractivity contribution in [1.82, 2.24) is 9.80 Å². The second kappa shape index (κ2) is 10.3. The molecule has 3 aromatic rings. The number of amides is 1. The zero-order valence-corrected chi connectivity index (χ0v) is 17.6. The number of halogens is 1. The van der Waals surface area contributed by atoms with Gasteiger partial charge in [-0.2, -0.15) is 0 Å². The fraction of sp³-hybridized carbons (Fsp3) is 0.304. The summed E-state index contributed by atoms with van der Waals surface area (Å²) in [6.45, 7) is 4.81. The monoisotopic (exact) mass is 427 g/mol. The van der Waals surface area contributed by atoms with Crippen molar-refractivity contribution in [3.8, 4) is 0 Å². The number of fused-ring (bicyclic) bond motifs is 1. The molecule has 1 aliphatic rings. The van der Waals surface area contributed by atoms with Crippen molar-refractivity contribution in [3.05, 3.63) is 76.6 Å². The number of carbonyl (C=O) groups is 1. The summed E-state index contributed by atoms with van der Waals surface area (Å²) < 4.78 is 5.23. The van der Waals surface area contributed by atoms with Crippen LogP contribution >= 0.6 is 12.4 Å². The topological polar surface area (TPSA) is 65.8 Å². The maximum Gasteiger partial charge on any atom is 0.338 e. The lowest BCUT2D eigenvalue weighted by Crippen LogP contribution is -2.50. The van der Waals surface area contributed by atoms with Crippen molar-refractivity contribution in [2.45, 2.75) is 6.42 Å². The van der Waals surface area contributed by atoms with Crippen molar-refractivity contribution < 1.29 is 9.21 Å². The van der Waals surface area contributed by atoms with Crippen LogP contribution in [0, 0.1) is 0 Å². The molecular formula is C23H26ClN3O3. The minimum absolute atomic E-state index is 0. The quantitative estimate of drug-likeness (QED) is 0.612. The van der Waals surface area contributed by atoms with E-state index in [1.807, 2.05) is 53.4 Å². The number of rotatable bonds is 6. The number of carbonyl (C=O) groups excluding carboxylic acids is 1. The van der Waals surface area contributed by atoms with E-state index < -0.39 is 0 Å². The van der Waals surface area contributed by atoms with E-state index in [1.165, 1.54) is 6.07 Å². The number of piperazine rings is 1. The largest absolute Gasteiger partial charge is 0.423 e. The first kappa shape index (κ1) is 21.9. The molecule has 4 rings (SSSR count). The summed E-state index contributed by atoms with van der Waals surface area (Å²) in [5.41, 5.74) is 2.10. The van der Waals surface area contributed by atoms with Crippen LogP contribution in [0.5, 0.6) is 0 Å². The van der Waals surface area contributed by atoms with Gasteiger partial charge in [-0.3, -0.25) is 9.69 Å². The molecule has 158 valence electrons. The molecule has 1 amide bonds. The highest BCUT2D eigenvalue weighted by atomic mass is 35.5. The molecule has 6 nitrogen and oxygen atoms in total. The summed E-state index contributed by atoms with van der Waals surface area (Å²) in [5.74, 6) is 0.191. The van der Waals surface area contributed by atoms with Crippen molar-refractivity contribution in [2.75, 3.05) is 44.6 Å². The molecular weight excluding hydrogens is 402 g/mol. The maximum atomic E-state index is 12.5. The average molecular weight is 428 g/mol. The minimum atomic E-state index is -0.350. The van der Waals surface area contributed by atoms with Crippen LogP contribution < -0.4 is 10.9 Å². The molecule has 30 heavy (non-hydrogen) atoms. The van der Waals surface area contributed by atoms with Gasteiger partial charge in [0.05, 0.1) is 12.1 Å². The number of nitrogens with one attached hydrogen (secondary N) is 1. The van der Waals surface area contributed by atoms with E-state index in [0.717, 1.165) is 55.9 Å². The molecule has 1 fully saturated rings. The number of anilines is 1. The van der Waals surface area contributed by atoms with E-state index in [1.54, 1.807) is 6.07 Å². The van der Waals surface area contributed by atoms with Crippen LogP contribution in [0.2, 0.25) is 0 Å². The lowest BCUT2D eigenvalue weighted by atomic mass is 10.1. The van der Waals surface area contributed by atoms with Crippen LogP contribution in [-0.2, 0) is 11.2 Å². The average Bonchev–Trinajstić information content (AvgIpc) is 2.75. The molecule has 1 N–H and O–H groups in total. The molecule has 2 heterocycles. The first-order chi connectivity index (χ1) is 14.2. The van der Waals surface area contributed by atoms with Crippen molar-refractivity contribution >= 4 is 35.0 Å². The first-order valence-electron chi connectivity index (χ1n) is 10.00. The van der Waals surface area contributed by atoms with E-state index in [9.17, 15) is 9.59 Å². The van der Waals surface area contributed by atoms with Gasteiger partial charge in [-0.15, -0.1) is 12.4 Å². The van der Waals surface area contributed by atoms with Gasteiger partial charge in [0.25, 0.3) is 0 Å². The van der Waals surface area contributed by atoms with Crippen LogP contribution in [0.25, 0.3) is 11.0 Å². The van der Waals surface area contributed by atoms with Crippen LogP contribution in [0.3, 0.4) is 0 Å². The molecule has 0 bridgehead atoms. The smallest absolute Gasteiger partial charge is 0.338 e. The fourth-order valence-electron chi connectivity index (χ4n) is 3.71. The zero-order chi connectivity index (χ0) is 20.1. The van der Waals surface area contributed by atoms with Crippen LogP contribution in [-0.4, -0.2) is 55.0 Å². The molecule has 0 saturated carbocycles. The Balaban J connectivity index is 0.00000256. The fourth-order valence-corrected chi connectivity index (χ4v) is 3.71. The van der Waals surface area contributed by atoms with E-state index in [-0.39, 0.29) is 23.9 Å². The molecule has 0 unspecified atom stereocenters. The Labute approximate surface area is 181 Å². The summed E-state index contributed by atoms with van der Waals surface area (Å²) in [4.78, 5) is 28.5. The molecule has 0 spiro atoms. The Bertz CT molecular complexity index is 1030. The van der Waals surface area contributed by atoms with Crippen LogP contribution in [0.15, 0.2) is 69.9 Å². The van der Waals surface area contributed by atoms with Gasteiger partial charge in [0, 0.05) is 50.7 Å². The van der Waals surface area contributed by atoms with E-state index >= 15 is 0 Å². The highest BCUT2D eigenvalue weighted by Crippen LogP contribution is 2.20. The summed E-state index contributed by atoms with van der Waals surface area (Å²) >= 11 is 0. The third-order valence-corrected chi connectivity index (χ3v) is 5.32. The van der Waals surface area contributed by atoms with Crippen LogP contribution in [0.1, 0.15) is 5.56 Å². The molecule has 0 aliphatic carbocycles. The van der Waals surface area contributed by atoms with Gasteiger partial charge in [-0.05, 0) is 17.7 Å². The van der Waals surface area contributed by atoms with Crippen molar-refractivity contribution in [2.24, 2.45) is 0 Å². The lowest BCUT2D eigenvalue weighted by Gasteiger charge is -2.35. The number of nitrogens with zero attached hydrogens (tertiary/aromatic N) is 2. The Hall–Kier alpha value is -2.83. The normalized spacial score (nSPS) is 14.3. The number of hydrogen-bond acceptors (Lipinski definition) is 5. The van der Waals surface area contributed by atoms with Crippen LogP contribution in [0.4, 0.5) is 5.69 Å². The Morgan fingerprint density at radius 2 is 1.67 bits per heavy atom. The lowest BCUT2D eigenvalue weighted by molar-refractivity contribution is -0.132. The molecule has 1 saturated heterocycles. The molecule has 1 aliphatic heterocycles. The summed E-state index contributed by atoms with van der Waals surface area (Å²) in [6.07, 6.45) is 0.464. The third kappa shape index (κ3) is 5.40. The SMILES string of the molecule is Cl.O=C(Cc1ccccc1)N1CCN(CCNc2cc(=O)oc3ccccc23)CC1. The van der Waals surface area contributed by atoms with Gasteiger partial charge in [-0.25, -0.2) is 4.79 Å². The number of para-hydroxylation sites is 1. The molecule has 0 radical (unpaired) electrons. The summed E-state index contributed by atoms with van der Waals surface area (Å²) in [7, 11) is 0. The van der Waals surface area contributed by atoms with E-state index in [0.29, 0.717) is 12.0 Å². The molecule has 1 aromatic heterocycles. The number of hydrogen-bond donors (Lipinski definition) is 1. The Kier molecular flexibility index (Phi) is 7.49. The van der Waals surface area contributed by atoms with E-state index in [4.69, 9.17) is 4.42 Å². The molecule has 0 atom stereocenters. The Morgan fingerprint density at radius 3 is 2.43 bits per heavy atom. The van der Waals surface area contributed by atoms with Crippen molar-refractivity contribution in [1.29, 1.82) is 0 Å². The highest BCUT2D eigenvalue weighted by molar-refractivity contribution is 5.89. The molecule has 2 aromatic carbocycles. The second-order valence-electron chi connectivity index (χ2n) is 7.29. The first-order valence-corrected chi connectivity index (χ1v) is 10.00.